The number of nitrogens with one attached hydrogen (secondary N) is 1. The molecule has 1 N–H and O–H groups in total. The molecule has 6 heteroatoms. The molecule has 4 atom stereocenters. The van der Waals surface area contributed by atoms with Crippen molar-refractivity contribution in [2.75, 3.05) is 21.1 Å². The van der Waals surface area contributed by atoms with Crippen LogP contribution in [0.2, 0.25) is 0 Å². The monoisotopic (exact) mass is 508 g/mol. The quantitative estimate of drug-likeness (QED) is 0.468. The third kappa shape index (κ3) is 7.55. The van der Waals surface area contributed by atoms with Gasteiger partial charge < -0.3 is 9.80 Å². The highest BCUT2D eigenvalue weighted by Crippen LogP contribution is 2.36. The van der Waals surface area contributed by atoms with E-state index < -0.39 is 0 Å². The normalized spacial score (nSPS) is 25.5. The number of quaternary nitrogens is 1. The highest BCUT2D eigenvalue weighted by atomic mass is 19.1. The van der Waals surface area contributed by atoms with Crippen molar-refractivity contribution < 1.29 is 8.87 Å². The Morgan fingerprint density at radius 2 is 1.81 bits per heavy atom. The van der Waals surface area contributed by atoms with Crippen molar-refractivity contribution in [3.05, 3.63) is 59.2 Å². The molecular weight excluding hydrogens is 461 g/mol. The lowest BCUT2D eigenvalue weighted by Gasteiger charge is -2.39. The first-order chi connectivity index (χ1) is 17.2. The lowest BCUT2D eigenvalue weighted by Crippen LogP contribution is -2.50. The zero-order valence-corrected chi connectivity index (χ0v) is 24.6. The molecule has 4 unspecified atom stereocenters. The van der Waals surface area contributed by atoms with Crippen molar-refractivity contribution in [2.45, 2.75) is 85.4 Å². The first-order valence-corrected chi connectivity index (χ1v) is 13.7. The number of hydrogen-bond donors (Lipinski definition) is 1. The fraction of sp³-hybridized carbons (Fsp3) is 0.581. The molecule has 0 radical (unpaired) electrons. The number of nitrogens with zero attached hydrogens (tertiary/aromatic N) is 4. The summed E-state index contributed by atoms with van der Waals surface area (Å²) in [5.41, 5.74) is 5.65. The van der Waals surface area contributed by atoms with Gasteiger partial charge in [0.15, 0.2) is 5.83 Å². The van der Waals surface area contributed by atoms with Gasteiger partial charge in [-0.3, -0.25) is 4.98 Å². The summed E-state index contributed by atoms with van der Waals surface area (Å²) < 4.78 is 15.5. The SMILES string of the molecule is CC1CC(C)NC(C)(C)C1.CCC1C=C(c2cnc(-c3ccc(C)nn3)c(C)c2)C=C(F)C1[N+](C)(C)C. The summed E-state index contributed by atoms with van der Waals surface area (Å²) in [7, 11) is 6.13. The number of aryl methyl sites for hydroxylation is 2. The molecule has 2 aliphatic rings. The number of likely N-dealkylation sites (N-methyl/N-ethyl adjacent to an activating group) is 1. The predicted molar refractivity (Wildman–Crippen MR) is 153 cm³/mol. The second-order valence-corrected chi connectivity index (χ2v) is 12.7. The Bertz CT molecular complexity index is 1120. The van der Waals surface area contributed by atoms with Crippen LogP contribution >= 0.6 is 0 Å². The maximum absolute atomic E-state index is 15.0. The van der Waals surface area contributed by atoms with Crippen LogP contribution in [-0.4, -0.2) is 58.4 Å². The summed E-state index contributed by atoms with van der Waals surface area (Å²) in [5.74, 6) is 0.997. The van der Waals surface area contributed by atoms with Crippen molar-refractivity contribution in [3.63, 3.8) is 0 Å². The van der Waals surface area contributed by atoms with Crippen LogP contribution in [0, 0.1) is 25.7 Å². The topological polar surface area (TPSA) is 50.7 Å². The summed E-state index contributed by atoms with van der Waals surface area (Å²) in [6.45, 7) is 15.2. The van der Waals surface area contributed by atoms with Gasteiger partial charge in [0, 0.05) is 29.3 Å². The summed E-state index contributed by atoms with van der Waals surface area (Å²) in [5, 5.41) is 11.9. The van der Waals surface area contributed by atoms with Crippen LogP contribution in [0.3, 0.4) is 0 Å². The molecule has 0 spiro atoms. The maximum Gasteiger partial charge on any atom is 0.158 e. The van der Waals surface area contributed by atoms with E-state index in [1.54, 1.807) is 12.3 Å². The zero-order chi connectivity index (χ0) is 27.5. The number of piperidine rings is 1. The molecule has 1 saturated heterocycles. The minimum Gasteiger partial charge on any atom is -0.322 e. The highest BCUT2D eigenvalue weighted by Gasteiger charge is 2.37. The number of allylic oxidation sites excluding steroid dienone is 2. The molecular formula is C31H47FN5+. The van der Waals surface area contributed by atoms with E-state index in [1.165, 1.54) is 12.8 Å². The van der Waals surface area contributed by atoms with E-state index in [0.29, 0.717) is 16.1 Å². The number of rotatable bonds is 4. The minimum atomic E-state index is -0.144. The molecule has 3 heterocycles. The summed E-state index contributed by atoms with van der Waals surface area (Å²) >= 11 is 0. The molecule has 5 nitrogen and oxygen atoms in total. The Morgan fingerprint density at radius 3 is 2.32 bits per heavy atom. The molecule has 0 amide bonds. The number of aromatic nitrogens is 3. The van der Waals surface area contributed by atoms with Crippen LogP contribution in [0.25, 0.3) is 17.0 Å². The molecule has 1 fully saturated rings. The summed E-state index contributed by atoms with van der Waals surface area (Å²) in [4.78, 5) is 4.60. The first kappa shape index (κ1) is 29.1. The Kier molecular flexibility index (Phi) is 9.07. The first-order valence-electron chi connectivity index (χ1n) is 13.7. The van der Waals surface area contributed by atoms with Crippen molar-refractivity contribution in [3.8, 4) is 11.4 Å². The number of hydrogen-bond acceptors (Lipinski definition) is 4. The van der Waals surface area contributed by atoms with E-state index in [4.69, 9.17) is 0 Å². The Labute approximate surface area is 223 Å². The van der Waals surface area contributed by atoms with Crippen LogP contribution in [0.4, 0.5) is 4.39 Å². The van der Waals surface area contributed by atoms with Gasteiger partial charge in [0.05, 0.1) is 32.5 Å². The van der Waals surface area contributed by atoms with Gasteiger partial charge in [-0.25, -0.2) is 4.39 Å². The van der Waals surface area contributed by atoms with E-state index in [2.05, 4.69) is 67.3 Å². The second kappa shape index (κ2) is 11.5. The molecule has 0 aromatic carbocycles. The summed E-state index contributed by atoms with van der Waals surface area (Å²) in [6, 6.07) is 6.47. The highest BCUT2D eigenvalue weighted by molar-refractivity contribution is 5.77. The van der Waals surface area contributed by atoms with Crippen LogP contribution in [0.1, 0.15) is 70.7 Å². The fourth-order valence-electron chi connectivity index (χ4n) is 6.14. The molecule has 2 aromatic heterocycles. The van der Waals surface area contributed by atoms with E-state index in [-0.39, 0.29) is 17.8 Å². The van der Waals surface area contributed by atoms with Gasteiger partial charge >= 0.3 is 0 Å². The Morgan fingerprint density at radius 1 is 1.11 bits per heavy atom. The van der Waals surface area contributed by atoms with Crippen LogP contribution in [-0.2, 0) is 0 Å². The van der Waals surface area contributed by atoms with Gasteiger partial charge in [0.1, 0.15) is 11.7 Å². The van der Waals surface area contributed by atoms with Crippen molar-refractivity contribution >= 4 is 5.57 Å². The van der Waals surface area contributed by atoms with E-state index in [0.717, 1.165) is 46.1 Å². The molecule has 2 aromatic rings. The standard InChI is InChI=1S/C22H28FN4.C9H19N/c1-7-16-11-17(12-19(23)22(16)27(4,5)6)18-10-14(2)21(24-13-18)20-9-8-15(3)25-26-20;1-7-5-8(2)10-9(3,4)6-7/h8-13,16,22H,7H2,1-6H3;7-8,10H,5-6H2,1-4H3/q+1;. The second-order valence-electron chi connectivity index (χ2n) is 12.7. The van der Waals surface area contributed by atoms with E-state index in [9.17, 15) is 4.39 Å². The van der Waals surface area contributed by atoms with Gasteiger partial charge in [0.25, 0.3) is 0 Å². The molecule has 37 heavy (non-hydrogen) atoms. The van der Waals surface area contributed by atoms with Crippen molar-refractivity contribution in [1.82, 2.24) is 20.5 Å². The molecule has 4 rings (SSSR count). The van der Waals surface area contributed by atoms with Gasteiger partial charge in [0.2, 0.25) is 0 Å². The van der Waals surface area contributed by atoms with Crippen LogP contribution in [0.15, 0.2) is 42.4 Å². The molecule has 202 valence electrons. The van der Waals surface area contributed by atoms with E-state index >= 15 is 0 Å². The van der Waals surface area contributed by atoms with Gasteiger partial charge in [-0.15, -0.1) is 5.10 Å². The Balaban J connectivity index is 0.000000319. The number of halogens is 1. The zero-order valence-electron chi connectivity index (χ0n) is 24.6. The molecule has 1 aliphatic carbocycles. The Hall–Kier alpha value is -2.44. The third-order valence-electron chi connectivity index (χ3n) is 7.38. The van der Waals surface area contributed by atoms with Crippen molar-refractivity contribution in [2.24, 2.45) is 11.8 Å². The fourth-order valence-corrected chi connectivity index (χ4v) is 6.14. The molecule has 1 aliphatic heterocycles. The van der Waals surface area contributed by atoms with E-state index in [1.807, 2.05) is 47.1 Å². The lowest BCUT2D eigenvalue weighted by molar-refractivity contribution is -0.894. The van der Waals surface area contributed by atoms with Crippen LogP contribution < -0.4 is 5.32 Å². The van der Waals surface area contributed by atoms with Crippen LogP contribution in [0.5, 0.6) is 0 Å². The van der Waals surface area contributed by atoms with Gasteiger partial charge in [-0.1, -0.05) is 19.9 Å². The maximum atomic E-state index is 15.0. The minimum absolute atomic E-state index is 0.0574. The average molecular weight is 509 g/mol. The smallest absolute Gasteiger partial charge is 0.158 e. The number of pyridine rings is 1. The summed E-state index contributed by atoms with van der Waals surface area (Å²) in [6.07, 6.45) is 9.22. The predicted octanol–water partition coefficient (Wildman–Crippen LogP) is 6.68. The van der Waals surface area contributed by atoms with Crippen molar-refractivity contribution in [1.29, 1.82) is 0 Å². The lowest BCUT2D eigenvalue weighted by atomic mass is 9.83. The van der Waals surface area contributed by atoms with Gasteiger partial charge in [-0.05, 0) is 95.2 Å². The third-order valence-corrected chi connectivity index (χ3v) is 7.38. The average Bonchev–Trinajstić information content (AvgIpc) is 2.77. The van der Waals surface area contributed by atoms with Gasteiger partial charge in [-0.2, -0.15) is 5.10 Å². The largest absolute Gasteiger partial charge is 0.322 e. The molecule has 0 bridgehead atoms. The molecule has 0 saturated carbocycles.